The fraction of sp³-hybridized carbons (Fsp3) is 0.571. The average Bonchev–Trinajstić information content (AvgIpc) is 2.47. The van der Waals surface area contributed by atoms with Gasteiger partial charge in [-0.15, -0.1) is 0 Å². The van der Waals surface area contributed by atoms with Crippen LogP contribution in [-0.2, 0) is 6.42 Å². The molecule has 2 rings (SSSR count). The molecule has 1 aliphatic rings. The molecule has 1 nitrogen and oxygen atoms in total. The maximum Gasteiger partial charge on any atom is 0.126 e. The summed E-state index contributed by atoms with van der Waals surface area (Å²) in [6, 6.07) is 4.50. The number of aliphatic hydroxyl groups is 1. The van der Waals surface area contributed by atoms with Crippen LogP contribution < -0.4 is 0 Å². The second-order valence-corrected chi connectivity index (χ2v) is 6.41. The van der Waals surface area contributed by atoms with Crippen LogP contribution in [0.5, 0.6) is 0 Å². The molecule has 0 aliphatic heterocycles. The second kappa shape index (κ2) is 4.25. The highest BCUT2D eigenvalue weighted by molar-refractivity contribution is 6.30. The smallest absolute Gasteiger partial charge is 0.126 e. The van der Waals surface area contributed by atoms with Crippen LogP contribution in [0.1, 0.15) is 38.7 Å². The molecule has 1 aromatic carbocycles. The molecule has 1 unspecified atom stereocenters. The molecule has 3 heteroatoms. The average molecular weight is 257 g/mol. The first-order chi connectivity index (χ1) is 7.80. The van der Waals surface area contributed by atoms with Crippen LogP contribution in [0.2, 0.25) is 5.02 Å². The van der Waals surface area contributed by atoms with Crippen LogP contribution in [0, 0.1) is 11.2 Å². The molecule has 0 amide bonds. The van der Waals surface area contributed by atoms with Crippen molar-refractivity contribution in [3.05, 3.63) is 34.6 Å². The fourth-order valence-corrected chi connectivity index (χ4v) is 3.02. The quantitative estimate of drug-likeness (QED) is 0.849. The summed E-state index contributed by atoms with van der Waals surface area (Å²) >= 11 is 5.86. The Morgan fingerprint density at radius 1 is 1.35 bits per heavy atom. The minimum absolute atomic E-state index is 0.143. The van der Waals surface area contributed by atoms with Crippen molar-refractivity contribution in [1.82, 2.24) is 0 Å². The van der Waals surface area contributed by atoms with Gasteiger partial charge in [0, 0.05) is 11.4 Å². The standard InChI is InChI=1S/C14H18ClFO/c1-13(2)5-6-14(17,9-13)8-10-7-11(15)3-4-12(10)16/h3-4,7,17H,5-6,8-9H2,1-2H3. The number of rotatable bonds is 2. The Balaban J connectivity index is 2.18. The summed E-state index contributed by atoms with van der Waals surface area (Å²) in [4.78, 5) is 0. The molecule has 94 valence electrons. The van der Waals surface area contributed by atoms with E-state index in [-0.39, 0.29) is 11.2 Å². The zero-order chi connectivity index (χ0) is 12.7. The van der Waals surface area contributed by atoms with E-state index >= 15 is 0 Å². The highest BCUT2D eigenvalue weighted by atomic mass is 35.5. The first-order valence-electron chi connectivity index (χ1n) is 5.96. The topological polar surface area (TPSA) is 20.2 Å². The summed E-state index contributed by atoms with van der Waals surface area (Å²) < 4.78 is 13.6. The van der Waals surface area contributed by atoms with E-state index in [9.17, 15) is 9.50 Å². The van der Waals surface area contributed by atoms with Crippen LogP contribution in [-0.4, -0.2) is 10.7 Å². The van der Waals surface area contributed by atoms with Crippen LogP contribution in [0.3, 0.4) is 0 Å². The van der Waals surface area contributed by atoms with Crippen molar-refractivity contribution in [3.63, 3.8) is 0 Å². The summed E-state index contributed by atoms with van der Waals surface area (Å²) in [7, 11) is 0. The van der Waals surface area contributed by atoms with Crippen molar-refractivity contribution < 1.29 is 9.50 Å². The first-order valence-corrected chi connectivity index (χ1v) is 6.34. The van der Waals surface area contributed by atoms with Gasteiger partial charge in [-0.1, -0.05) is 25.4 Å². The number of halogens is 2. The summed E-state index contributed by atoms with van der Waals surface area (Å²) in [5.41, 5.74) is -0.128. The molecule has 0 radical (unpaired) electrons. The SMILES string of the molecule is CC1(C)CCC(O)(Cc2cc(Cl)ccc2F)C1. The minimum Gasteiger partial charge on any atom is -0.390 e. The molecule has 1 fully saturated rings. The van der Waals surface area contributed by atoms with Crippen molar-refractivity contribution in [2.24, 2.45) is 5.41 Å². The third-order valence-electron chi connectivity index (χ3n) is 3.60. The van der Waals surface area contributed by atoms with E-state index < -0.39 is 5.60 Å². The van der Waals surface area contributed by atoms with Gasteiger partial charge in [0.15, 0.2) is 0 Å². The molecule has 0 spiro atoms. The van der Waals surface area contributed by atoms with Gasteiger partial charge < -0.3 is 5.11 Å². The zero-order valence-electron chi connectivity index (χ0n) is 10.3. The number of benzene rings is 1. The van der Waals surface area contributed by atoms with E-state index in [1.165, 1.54) is 12.1 Å². The molecular weight excluding hydrogens is 239 g/mol. The Morgan fingerprint density at radius 2 is 2.06 bits per heavy atom. The minimum atomic E-state index is -0.783. The van der Waals surface area contributed by atoms with E-state index in [2.05, 4.69) is 13.8 Å². The molecule has 1 saturated carbocycles. The van der Waals surface area contributed by atoms with E-state index in [0.29, 0.717) is 23.4 Å². The Labute approximate surface area is 107 Å². The normalized spacial score (nSPS) is 27.4. The van der Waals surface area contributed by atoms with Gasteiger partial charge in [-0.25, -0.2) is 4.39 Å². The van der Waals surface area contributed by atoms with Gasteiger partial charge in [0.25, 0.3) is 0 Å². The Hall–Kier alpha value is -0.600. The second-order valence-electron chi connectivity index (χ2n) is 5.98. The van der Waals surface area contributed by atoms with Gasteiger partial charge in [0.05, 0.1) is 5.60 Å². The molecular formula is C14H18ClFO. The van der Waals surface area contributed by atoms with Gasteiger partial charge in [0.1, 0.15) is 5.82 Å². The Kier molecular flexibility index (Phi) is 3.21. The molecule has 17 heavy (non-hydrogen) atoms. The molecule has 1 N–H and O–H groups in total. The zero-order valence-corrected chi connectivity index (χ0v) is 11.0. The maximum atomic E-state index is 13.6. The lowest BCUT2D eigenvalue weighted by Gasteiger charge is -2.25. The number of hydrogen-bond donors (Lipinski definition) is 1. The lowest BCUT2D eigenvalue weighted by atomic mass is 9.86. The van der Waals surface area contributed by atoms with Crippen molar-refractivity contribution in [2.75, 3.05) is 0 Å². The predicted molar refractivity (Wildman–Crippen MR) is 67.7 cm³/mol. The van der Waals surface area contributed by atoms with Gasteiger partial charge in [-0.2, -0.15) is 0 Å². The largest absolute Gasteiger partial charge is 0.390 e. The summed E-state index contributed by atoms with van der Waals surface area (Å²) in [5, 5.41) is 11.0. The van der Waals surface area contributed by atoms with E-state index in [0.717, 1.165) is 12.8 Å². The van der Waals surface area contributed by atoms with Crippen molar-refractivity contribution in [1.29, 1.82) is 0 Å². The first kappa shape index (κ1) is 12.8. The third-order valence-corrected chi connectivity index (χ3v) is 3.84. The third kappa shape index (κ3) is 2.99. The molecule has 0 bridgehead atoms. The Bertz CT molecular complexity index is 430. The number of hydrogen-bond acceptors (Lipinski definition) is 1. The fourth-order valence-electron chi connectivity index (χ4n) is 2.82. The van der Waals surface area contributed by atoms with E-state index in [1.807, 2.05) is 0 Å². The van der Waals surface area contributed by atoms with Crippen molar-refractivity contribution in [2.45, 2.75) is 45.1 Å². The van der Waals surface area contributed by atoms with Crippen LogP contribution >= 0.6 is 11.6 Å². The van der Waals surface area contributed by atoms with E-state index in [4.69, 9.17) is 11.6 Å². The Morgan fingerprint density at radius 3 is 2.65 bits per heavy atom. The van der Waals surface area contributed by atoms with Gasteiger partial charge in [0.2, 0.25) is 0 Å². The summed E-state index contributed by atoms with van der Waals surface area (Å²) in [6.45, 7) is 4.28. The van der Waals surface area contributed by atoms with Crippen LogP contribution in [0.15, 0.2) is 18.2 Å². The van der Waals surface area contributed by atoms with Crippen LogP contribution in [0.25, 0.3) is 0 Å². The van der Waals surface area contributed by atoms with Crippen molar-refractivity contribution in [3.8, 4) is 0 Å². The predicted octanol–water partition coefficient (Wildman–Crippen LogP) is 3.96. The maximum absolute atomic E-state index is 13.6. The van der Waals surface area contributed by atoms with E-state index in [1.54, 1.807) is 6.07 Å². The van der Waals surface area contributed by atoms with Gasteiger partial charge in [-0.05, 0) is 48.4 Å². The van der Waals surface area contributed by atoms with Crippen LogP contribution in [0.4, 0.5) is 4.39 Å². The van der Waals surface area contributed by atoms with Gasteiger partial charge >= 0.3 is 0 Å². The lowest BCUT2D eigenvalue weighted by Crippen LogP contribution is -2.29. The highest BCUT2D eigenvalue weighted by Crippen LogP contribution is 2.45. The molecule has 1 atom stereocenters. The summed E-state index contributed by atoms with van der Waals surface area (Å²) in [6.07, 6.45) is 2.77. The highest BCUT2D eigenvalue weighted by Gasteiger charge is 2.41. The molecule has 1 aromatic rings. The molecule has 1 aliphatic carbocycles. The molecule has 0 saturated heterocycles. The lowest BCUT2D eigenvalue weighted by molar-refractivity contribution is 0.0371. The van der Waals surface area contributed by atoms with Crippen molar-refractivity contribution >= 4 is 11.6 Å². The monoisotopic (exact) mass is 256 g/mol. The molecule has 0 aromatic heterocycles. The summed E-state index contributed by atoms with van der Waals surface area (Å²) in [5.74, 6) is -0.285. The van der Waals surface area contributed by atoms with Gasteiger partial charge in [-0.3, -0.25) is 0 Å². The molecule has 0 heterocycles.